The maximum Gasteiger partial charge on any atom is 0.255 e. The third kappa shape index (κ3) is 1.09. The van der Waals surface area contributed by atoms with Crippen LogP contribution in [-0.4, -0.2) is 10.8 Å². The summed E-state index contributed by atoms with van der Waals surface area (Å²) in [6, 6.07) is 0. The molecule has 0 saturated carbocycles. The van der Waals surface area contributed by atoms with Crippen LogP contribution in [0, 0.1) is 0 Å². The van der Waals surface area contributed by atoms with Gasteiger partial charge in [0.25, 0.3) is 5.24 Å². The molecule has 0 radical (unpaired) electrons. The Morgan fingerprint density at radius 3 is 2.27 bits per heavy atom. The normalized spacial score (nSPS) is 29.8. The molecule has 1 rings (SSSR count). The Hall–Kier alpha value is -0.700. The van der Waals surface area contributed by atoms with Gasteiger partial charge >= 0.3 is 0 Å². The maximum atomic E-state index is 10.9. The van der Waals surface area contributed by atoms with E-state index >= 15 is 0 Å². The van der Waals surface area contributed by atoms with Crippen molar-refractivity contribution in [2.24, 2.45) is 10.2 Å². The van der Waals surface area contributed by atoms with Crippen molar-refractivity contribution in [1.82, 2.24) is 0 Å². The fourth-order valence-electron chi connectivity index (χ4n) is 0.864. The van der Waals surface area contributed by atoms with Gasteiger partial charge in [0.2, 0.25) is 0 Å². The molecule has 4 heteroatoms. The molecule has 0 N–H and O–H groups in total. The van der Waals surface area contributed by atoms with Crippen molar-refractivity contribution < 1.29 is 4.79 Å². The fraction of sp³-hybridized carbons (Fsp3) is 0.571. The van der Waals surface area contributed by atoms with Crippen LogP contribution in [-0.2, 0) is 4.79 Å². The largest absolute Gasteiger partial charge is 0.278 e. The van der Waals surface area contributed by atoms with E-state index in [-0.39, 0.29) is 0 Å². The Bertz CT molecular complexity index is 270. The van der Waals surface area contributed by atoms with E-state index in [9.17, 15) is 4.79 Å². The number of carbonyl (C=O) groups is 1. The molecule has 1 aliphatic heterocycles. The van der Waals surface area contributed by atoms with Crippen LogP contribution in [0.1, 0.15) is 20.8 Å². The van der Waals surface area contributed by atoms with Gasteiger partial charge in [-0.1, -0.05) is 0 Å². The zero-order chi connectivity index (χ0) is 8.65. The topological polar surface area (TPSA) is 41.8 Å². The first kappa shape index (κ1) is 8.40. The van der Waals surface area contributed by atoms with Crippen LogP contribution in [0.2, 0.25) is 0 Å². The summed E-state index contributed by atoms with van der Waals surface area (Å²) in [4.78, 5) is 10.9. The lowest BCUT2D eigenvalue weighted by atomic mass is 9.95. The highest BCUT2D eigenvalue weighted by molar-refractivity contribution is 6.66. The first-order chi connectivity index (χ1) is 4.98. The van der Waals surface area contributed by atoms with Crippen LogP contribution >= 0.6 is 11.6 Å². The average Bonchev–Trinajstić information content (AvgIpc) is 2.18. The molecule has 1 unspecified atom stereocenters. The lowest BCUT2D eigenvalue weighted by molar-refractivity contribution is -0.114. The molecule has 0 amide bonds. The van der Waals surface area contributed by atoms with E-state index in [0.29, 0.717) is 0 Å². The number of azo groups is 1. The molecule has 0 saturated heterocycles. The Morgan fingerprint density at radius 1 is 1.55 bits per heavy atom. The molecule has 0 bridgehead atoms. The Balaban J connectivity index is 3.12. The van der Waals surface area contributed by atoms with Crippen molar-refractivity contribution >= 4 is 16.8 Å². The molecule has 0 aromatic rings. The van der Waals surface area contributed by atoms with Crippen LogP contribution in [0.25, 0.3) is 0 Å². The summed E-state index contributed by atoms with van der Waals surface area (Å²) in [5.41, 5.74) is 0.699. The van der Waals surface area contributed by atoms with Crippen LogP contribution in [0.4, 0.5) is 0 Å². The lowest BCUT2D eigenvalue weighted by Gasteiger charge is -2.14. The number of nitrogens with zero attached hydrogens (tertiary/aromatic N) is 2. The van der Waals surface area contributed by atoms with Crippen LogP contribution < -0.4 is 0 Å². The summed E-state index contributed by atoms with van der Waals surface area (Å²) in [5, 5.41) is 7.11. The van der Waals surface area contributed by atoms with Gasteiger partial charge in [0.05, 0.1) is 5.70 Å². The molecular weight excluding hydrogens is 164 g/mol. The first-order valence-electron chi connectivity index (χ1n) is 3.29. The quantitative estimate of drug-likeness (QED) is 0.560. The molecule has 60 valence electrons. The van der Waals surface area contributed by atoms with Crippen molar-refractivity contribution in [3.63, 3.8) is 0 Å². The van der Waals surface area contributed by atoms with Gasteiger partial charge in [-0.15, -0.1) is 0 Å². The highest BCUT2D eigenvalue weighted by Gasteiger charge is 2.38. The Morgan fingerprint density at radius 2 is 2.09 bits per heavy atom. The number of carbonyl (C=O) groups excluding carboxylic acids is 1. The Kier molecular flexibility index (Phi) is 1.84. The number of rotatable bonds is 1. The van der Waals surface area contributed by atoms with Gasteiger partial charge in [0, 0.05) is 0 Å². The van der Waals surface area contributed by atoms with E-state index in [1.807, 2.05) is 13.8 Å². The summed E-state index contributed by atoms with van der Waals surface area (Å²) < 4.78 is 0. The zero-order valence-corrected chi connectivity index (χ0v) is 7.44. The van der Waals surface area contributed by atoms with Gasteiger partial charge in [-0.05, 0) is 37.9 Å². The summed E-state index contributed by atoms with van der Waals surface area (Å²) in [7, 11) is 0. The van der Waals surface area contributed by atoms with Gasteiger partial charge < -0.3 is 0 Å². The monoisotopic (exact) mass is 172 g/mol. The summed E-state index contributed by atoms with van der Waals surface area (Å²) >= 11 is 5.36. The van der Waals surface area contributed by atoms with Gasteiger partial charge in [0.15, 0.2) is 5.54 Å². The zero-order valence-electron chi connectivity index (χ0n) is 6.68. The molecule has 11 heavy (non-hydrogen) atoms. The minimum absolute atomic E-state index is 0.476. The van der Waals surface area contributed by atoms with E-state index in [1.54, 1.807) is 6.92 Å². The number of hydrogen-bond acceptors (Lipinski definition) is 3. The van der Waals surface area contributed by atoms with Crippen molar-refractivity contribution in [2.45, 2.75) is 26.3 Å². The van der Waals surface area contributed by atoms with E-state index in [2.05, 4.69) is 10.2 Å². The summed E-state index contributed by atoms with van der Waals surface area (Å²) in [6.07, 6.45) is 0. The Labute approximate surface area is 70.1 Å². The second kappa shape index (κ2) is 2.41. The third-order valence-corrected chi connectivity index (χ3v) is 2.42. The second-order valence-corrected chi connectivity index (χ2v) is 3.10. The molecule has 0 spiro atoms. The third-order valence-electron chi connectivity index (χ3n) is 2.06. The average molecular weight is 173 g/mol. The molecule has 1 atom stereocenters. The number of hydrogen-bond donors (Lipinski definition) is 0. The lowest BCUT2D eigenvalue weighted by Crippen LogP contribution is -2.28. The van der Waals surface area contributed by atoms with Crippen molar-refractivity contribution in [1.29, 1.82) is 0 Å². The van der Waals surface area contributed by atoms with Gasteiger partial charge in [-0.2, -0.15) is 10.2 Å². The molecule has 3 nitrogen and oxygen atoms in total. The van der Waals surface area contributed by atoms with Crippen molar-refractivity contribution in [3.8, 4) is 0 Å². The molecule has 1 aliphatic rings. The predicted octanol–water partition coefficient (Wildman–Crippen LogP) is 2.27. The highest BCUT2D eigenvalue weighted by Crippen LogP contribution is 2.33. The van der Waals surface area contributed by atoms with E-state index in [4.69, 9.17) is 11.6 Å². The van der Waals surface area contributed by atoms with Crippen LogP contribution in [0.15, 0.2) is 21.5 Å². The van der Waals surface area contributed by atoms with Gasteiger partial charge in [0.1, 0.15) is 0 Å². The number of halogens is 1. The first-order valence-corrected chi connectivity index (χ1v) is 3.67. The molecule has 0 aromatic heterocycles. The van der Waals surface area contributed by atoms with E-state index < -0.39 is 10.8 Å². The van der Waals surface area contributed by atoms with Crippen LogP contribution in [0.3, 0.4) is 0 Å². The molecule has 1 heterocycles. The molecule has 0 aliphatic carbocycles. The minimum Gasteiger partial charge on any atom is -0.278 e. The van der Waals surface area contributed by atoms with Crippen molar-refractivity contribution in [2.75, 3.05) is 0 Å². The second-order valence-electron chi connectivity index (χ2n) is 2.76. The van der Waals surface area contributed by atoms with Crippen molar-refractivity contribution in [3.05, 3.63) is 11.3 Å². The van der Waals surface area contributed by atoms with E-state index in [0.717, 1.165) is 11.3 Å². The van der Waals surface area contributed by atoms with Gasteiger partial charge in [-0.3, -0.25) is 4.79 Å². The summed E-state index contributed by atoms with van der Waals surface area (Å²) in [6.45, 7) is 5.29. The molecule has 0 aromatic carbocycles. The maximum absolute atomic E-state index is 10.9. The highest BCUT2D eigenvalue weighted by atomic mass is 35.5. The fourth-order valence-corrected chi connectivity index (χ4v) is 1.04. The van der Waals surface area contributed by atoms with Crippen LogP contribution in [0.5, 0.6) is 0 Å². The predicted molar refractivity (Wildman–Crippen MR) is 42.5 cm³/mol. The SMILES string of the molecule is CC1=C(C)C(C)(C(=O)Cl)N=N1. The number of allylic oxidation sites excluding steroid dienone is 1. The standard InChI is InChI=1S/C7H9ClN2O/c1-4-5(2)9-10-7(4,3)6(8)11/h1-3H3. The minimum atomic E-state index is -0.911. The summed E-state index contributed by atoms with van der Waals surface area (Å²) in [5.74, 6) is 0. The molecule has 0 fully saturated rings. The van der Waals surface area contributed by atoms with Gasteiger partial charge in [-0.25, -0.2) is 0 Å². The smallest absolute Gasteiger partial charge is 0.255 e. The van der Waals surface area contributed by atoms with E-state index in [1.165, 1.54) is 0 Å². The molecular formula is C7H9ClN2O.